The van der Waals surface area contributed by atoms with E-state index in [-0.39, 0.29) is 16.2 Å². The maximum absolute atomic E-state index is 11.7. The summed E-state index contributed by atoms with van der Waals surface area (Å²) in [7, 11) is -8.84. The minimum absolute atomic E-state index is 0.202. The molecule has 4 rings (SSSR count). The molecule has 0 radical (unpaired) electrons. The first-order valence-corrected chi connectivity index (χ1v) is 11.5. The van der Waals surface area contributed by atoms with Gasteiger partial charge in [0.1, 0.15) is 0 Å². The van der Waals surface area contributed by atoms with Crippen LogP contribution in [0.5, 0.6) is 0 Å². The first kappa shape index (κ1) is 19.5. The topological polar surface area (TPSA) is 109 Å². The first-order valence-electron chi connectivity index (χ1n) is 8.61. The second kappa shape index (κ2) is 6.93. The Hall–Kier alpha value is -2.78. The van der Waals surface area contributed by atoms with Gasteiger partial charge in [0.2, 0.25) is 0 Å². The van der Waals surface area contributed by atoms with Crippen LogP contribution in [0.2, 0.25) is 0 Å². The van der Waals surface area contributed by atoms with E-state index in [9.17, 15) is 25.9 Å². The van der Waals surface area contributed by atoms with Crippen molar-refractivity contribution in [3.63, 3.8) is 0 Å². The Kier molecular flexibility index (Phi) is 4.66. The molecule has 0 heterocycles. The highest BCUT2D eigenvalue weighted by Gasteiger charge is 2.17. The zero-order valence-electron chi connectivity index (χ0n) is 15.0. The van der Waals surface area contributed by atoms with E-state index in [2.05, 4.69) is 0 Å². The Morgan fingerprint density at radius 1 is 0.586 bits per heavy atom. The molecule has 29 heavy (non-hydrogen) atoms. The van der Waals surface area contributed by atoms with E-state index >= 15 is 0 Å². The number of benzene rings is 4. The van der Waals surface area contributed by atoms with Crippen LogP contribution in [0, 0.1) is 0 Å². The van der Waals surface area contributed by atoms with Crippen molar-refractivity contribution in [1.82, 2.24) is 0 Å². The quantitative estimate of drug-likeness (QED) is 0.474. The van der Waals surface area contributed by atoms with Crippen molar-refractivity contribution >= 4 is 41.8 Å². The number of rotatable bonds is 4. The molecule has 0 aliphatic heterocycles. The average molecular weight is 428 g/mol. The monoisotopic (exact) mass is 428 g/mol. The van der Waals surface area contributed by atoms with E-state index in [0.29, 0.717) is 21.9 Å². The van der Waals surface area contributed by atoms with E-state index in [1.54, 1.807) is 24.3 Å². The third-order valence-electron chi connectivity index (χ3n) is 4.82. The second-order valence-electron chi connectivity index (χ2n) is 6.73. The maximum Gasteiger partial charge on any atom is 0.294 e. The Morgan fingerprint density at radius 2 is 0.966 bits per heavy atom. The molecule has 0 saturated carbocycles. The molecule has 4 aromatic rings. The Bertz CT molecular complexity index is 1360. The molecule has 0 aliphatic carbocycles. The van der Waals surface area contributed by atoms with Crippen LogP contribution in [0.15, 0.2) is 82.6 Å². The molecule has 4 aromatic carbocycles. The molecule has 2 N–H and O–H groups in total. The summed E-state index contributed by atoms with van der Waals surface area (Å²) < 4.78 is 65.9. The number of hydrogen-bond donors (Lipinski definition) is 2. The minimum atomic E-state index is -4.42. The fourth-order valence-electron chi connectivity index (χ4n) is 3.51. The summed E-state index contributed by atoms with van der Waals surface area (Å²) in [6.45, 7) is 0. The van der Waals surface area contributed by atoms with Gasteiger partial charge in [-0.3, -0.25) is 9.11 Å². The van der Waals surface area contributed by atoms with Crippen LogP contribution in [0.4, 0.5) is 0 Å². The first-order chi connectivity index (χ1) is 13.6. The molecular formula is C21H16O6S2. The average Bonchev–Trinajstić information content (AvgIpc) is 2.66. The van der Waals surface area contributed by atoms with Gasteiger partial charge < -0.3 is 0 Å². The minimum Gasteiger partial charge on any atom is -0.282 e. The van der Waals surface area contributed by atoms with Gasteiger partial charge in [-0.1, -0.05) is 48.5 Å². The van der Waals surface area contributed by atoms with E-state index < -0.39 is 20.2 Å². The molecule has 0 saturated heterocycles. The van der Waals surface area contributed by atoms with Crippen molar-refractivity contribution in [3.05, 3.63) is 83.9 Å². The SMILES string of the molecule is O=S(=O)(O)c1cc(Cc2cc(S(=O)(=O)O)cc3ccccc23)c2ccccc2c1. The predicted octanol–water partition coefficient (Wildman–Crippen LogP) is 4.08. The Balaban J connectivity index is 1.99. The van der Waals surface area contributed by atoms with Gasteiger partial charge in [-0.25, -0.2) is 0 Å². The van der Waals surface area contributed by atoms with E-state index in [1.807, 2.05) is 24.3 Å². The lowest BCUT2D eigenvalue weighted by Crippen LogP contribution is -2.03. The van der Waals surface area contributed by atoms with Gasteiger partial charge in [-0.2, -0.15) is 16.8 Å². The predicted molar refractivity (Wildman–Crippen MR) is 110 cm³/mol. The number of fused-ring (bicyclic) bond motifs is 2. The van der Waals surface area contributed by atoms with Gasteiger partial charge in [-0.05, 0) is 63.4 Å². The van der Waals surface area contributed by atoms with E-state index in [1.165, 1.54) is 24.3 Å². The van der Waals surface area contributed by atoms with Crippen LogP contribution in [-0.4, -0.2) is 25.9 Å². The van der Waals surface area contributed by atoms with Gasteiger partial charge in [0.15, 0.2) is 0 Å². The molecule has 0 unspecified atom stereocenters. The zero-order valence-corrected chi connectivity index (χ0v) is 16.6. The fourth-order valence-corrected chi connectivity index (χ4v) is 4.65. The van der Waals surface area contributed by atoms with Crippen LogP contribution < -0.4 is 0 Å². The van der Waals surface area contributed by atoms with Gasteiger partial charge in [-0.15, -0.1) is 0 Å². The van der Waals surface area contributed by atoms with E-state index in [0.717, 1.165) is 10.8 Å². The number of hydrogen-bond acceptors (Lipinski definition) is 4. The standard InChI is InChI=1S/C21H16O6S2/c22-28(23,24)18-10-14-5-1-3-7-20(14)16(12-18)9-17-13-19(29(25,26)27)11-15-6-2-4-8-21(15)17/h1-8,10-13H,9H2,(H,22,23,24)(H,25,26,27). The largest absolute Gasteiger partial charge is 0.294 e. The van der Waals surface area contributed by atoms with Crippen molar-refractivity contribution in [3.8, 4) is 0 Å². The van der Waals surface area contributed by atoms with Gasteiger partial charge in [0.05, 0.1) is 9.79 Å². The summed E-state index contributed by atoms with van der Waals surface area (Å²) in [5.74, 6) is 0. The highest BCUT2D eigenvalue weighted by Crippen LogP contribution is 2.30. The molecule has 0 atom stereocenters. The lowest BCUT2D eigenvalue weighted by molar-refractivity contribution is 0.481. The molecule has 0 aliphatic rings. The summed E-state index contributed by atoms with van der Waals surface area (Å²) in [6.07, 6.45) is 0.202. The molecule has 0 fully saturated rings. The van der Waals surface area contributed by atoms with Gasteiger partial charge in [0.25, 0.3) is 20.2 Å². The summed E-state index contributed by atoms with van der Waals surface area (Å²) >= 11 is 0. The molecule has 0 amide bonds. The highest BCUT2D eigenvalue weighted by molar-refractivity contribution is 7.86. The molecule has 6 nitrogen and oxygen atoms in total. The van der Waals surface area contributed by atoms with Crippen LogP contribution in [0.3, 0.4) is 0 Å². The zero-order chi connectivity index (χ0) is 20.8. The van der Waals surface area contributed by atoms with Crippen molar-refractivity contribution < 1.29 is 25.9 Å². The molecule has 0 aromatic heterocycles. The molecule has 0 bridgehead atoms. The van der Waals surface area contributed by atoms with Gasteiger partial charge in [0, 0.05) is 0 Å². The van der Waals surface area contributed by atoms with Crippen molar-refractivity contribution in [2.45, 2.75) is 16.2 Å². The maximum atomic E-state index is 11.7. The Morgan fingerprint density at radius 3 is 1.34 bits per heavy atom. The smallest absolute Gasteiger partial charge is 0.282 e. The van der Waals surface area contributed by atoms with Crippen molar-refractivity contribution in [1.29, 1.82) is 0 Å². The normalized spacial score (nSPS) is 12.5. The lowest BCUT2D eigenvalue weighted by Gasteiger charge is -2.13. The van der Waals surface area contributed by atoms with Crippen LogP contribution in [-0.2, 0) is 26.7 Å². The van der Waals surface area contributed by atoms with Crippen molar-refractivity contribution in [2.75, 3.05) is 0 Å². The summed E-state index contributed by atoms with van der Waals surface area (Å²) in [6, 6.07) is 19.8. The second-order valence-corrected chi connectivity index (χ2v) is 9.58. The van der Waals surface area contributed by atoms with Crippen molar-refractivity contribution in [2.24, 2.45) is 0 Å². The lowest BCUT2D eigenvalue weighted by atomic mass is 9.95. The molecule has 0 spiro atoms. The van der Waals surface area contributed by atoms with Crippen LogP contribution >= 0.6 is 0 Å². The van der Waals surface area contributed by atoms with E-state index in [4.69, 9.17) is 0 Å². The van der Waals surface area contributed by atoms with Crippen LogP contribution in [0.1, 0.15) is 11.1 Å². The fraction of sp³-hybridized carbons (Fsp3) is 0.0476. The third-order valence-corrected chi connectivity index (χ3v) is 6.48. The van der Waals surface area contributed by atoms with Gasteiger partial charge >= 0.3 is 0 Å². The van der Waals surface area contributed by atoms with Crippen LogP contribution in [0.25, 0.3) is 21.5 Å². The highest BCUT2D eigenvalue weighted by atomic mass is 32.2. The third kappa shape index (κ3) is 3.88. The summed E-state index contributed by atoms with van der Waals surface area (Å²) in [5, 5.41) is 2.82. The molecule has 8 heteroatoms. The summed E-state index contributed by atoms with van der Waals surface area (Å²) in [4.78, 5) is -0.470. The summed E-state index contributed by atoms with van der Waals surface area (Å²) in [5.41, 5.74) is 1.21. The molecular weight excluding hydrogens is 412 g/mol. The molecule has 148 valence electrons. The Labute approximate surface area is 167 Å².